The van der Waals surface area contributed by atoms with E-state index in [2.05, 4.69) is 15.6 Å². The maximum Gasteiger partial charge on any atom is 0.191 e. The van der Waals surface area contributed by atoms with Crippen LogP contribution in [0.1, 0.15) is 18.1 Å². The Hall–Kier alpha value is -2.89. The highest BCUT2D eigenvalue weighted by Gasteiger charge is 2.05. The van der Waals surface area contributed by atoms with Crippen molar-refractivity contribution in [3.8, 4) is 17.2 Å². The number of nitrogens with one attached hydrogen (secondary N) is 2. The quantitative estimate of drug-likeness (QED) is 0.500. The van der Waals surface area contributed by atoms with Gasteiger partial charge in [0, 0.05) is 13.1 Å². The van der Waals surface area contributed by atoms with Crippen LogP contribution >= 0.6 is 0 Å². The van der Waals surface area contributed by atoms with Crippen molar-refractivity contribution in [1.29, 1.82) is 0 Å². The molecule has 2 aromatic carbocycles. The van der Waals surface area contributed by atoms with Gasteiger partial charge in [0.2, 0.25) is 0 Å². The van der Waals surface area contributed by atoms with Crippen LogP contribution in [0.3, 0.4) is 0 Å². The lowest BCUT2D eigenvalue weighted by Crippen LogP contribution is -2.38. The van der Waals surface area contributed by atoms with E-state index in [9.17, 15) is 5.11 Å². The van der Waals surface area contributed by atoms with E-state index in [1.165, 1.54) is 0 Å². The summed E-state index contributed by atoms with van der Waals surface area (Å²) in [5.41, 5.74) is 2.20. The number of guanidine groups is 1. The van der Waals surface area contributed by atoms with Gasteiger partial charge >= 0.3 is 0 Å². The number of benzene rings is 2. The van der Waals surface area contributed by atoms with E-state index in [0.29, 0.717) is 6.54 Å². The number of hydrogen-bond donors (Lipinski definition) is 3. The van der Waals surface area contributed by atoms with Gasteiger partial charge in [-0.05, 0) is 48.7 Å². The van der Waals surface area contributed by atoms with Crippen molar-refractivity contribution in [2.45, 2.75) is 19.9 Å². The van der Waals surface area contributed by atoms with Crippen molar-refractivity contribution in [2.24, 2.45) is 4.99 Å². The highest BCUT2D eigenvalue weighted by molar-refractivity contribution is 5.79. The van der Waals surface area contributed by atoms with Crippen molar-refractivity contribution in [1.82, 2.24) is 10.6 Å². The van der Waals surface area contributed by atoms with Crippen molar-refractivity contribution < 1.29 is 14.6 Å². The van der Waals surface area contributed by atoms with E-state index in [1.54, 1.807) is 26.4 Å². The fourth-order valence-corrected chi connectivity index (χ4v) is 2.47. The minimum Gasteiger partial charge on any atom is -0.508 e. The van der Waals surface area contributed by atoms with Crippen molar-refractivity contribution >= 4 is 5.96 Å². The molecule has 0 heterocycles. The molecule has 6 nitrogen and oxygen atoms in total. The Bertz CT molecular complexity index is 715. The summed E-state index contributed by atoms with van der Waals surface area (Å²) in [4.78, 5) is 4.57. The zero-order valence-corrected chi connectivity index (χ0v) is 15.6. The fourth-order valence-electron chi connectivity index (χ4n) is 2.47. The SMILES string of the molecule is CCNC(=NCc1ccc(O)cc1)NCCc1ccc(OC)c(OC)c1. The van der Waals surface area contributed by atoms with Crippen LogP contribution < -0.4 is 20.1 Å². The van der Waals surface area contributed by atoms with Gasteiger partial charge in [-0.3, -0.25) is 0 Å². The van der Waals surface area contributed by atoms with Crippen LogP contribution in [0.4, 0.5) is 0 Å². The van der Waals surface area contributed by atoms with Gasteiger partial charge in [0.1, 0.15) is 5.75 Å². The first-order valence-electron chi connectivity index (χ1n) is 8.67. The molecule has 2 rings (SSSR count). The largest absolute Gasteiger partial charge is 0.508 e. The highest BCUT2D eigenvalue weighted by atomic mass is 16.5. The number of ether oxygens (including phenoxy) is 2. The van der Waals surface area contributed by atoms with Crippen LogP contribution in [0.2, 0.25) is 0 Å². The molecule has 0 saturated carbocycles. The summed E-state index contributed by atoms with van der Waals surface area (Å²) < 4.78 is 10.6. The molecule has 0 aliphatic heterocycles. The molecule has 0 saturated heterocycles. The Morgan fingerprint density at radius 2 is 1.65 bits per heavy atom. The van der Waals surface area contributed by atoms with Gasteiger partial charge in [0.15, 0.2) is 17.5 Å². The fraction of sp³-hybridized carbons (Fsp3) is 0.350. The molecule has 0 amide bonds. The molecule has 140 valence electrons. The van der Waals surface area contributed by atoms with Gasteiger partial charge in [-0.2, -0.15) is 0 Å². The minimum absolute atomic E-state index is 0.262. The normalized spacial score (nSPS) is 11.1. The van der Waals surface area contributed by atoms with Crippen LogP contribution in [0.15, 0.2) is 47.5 Å². The molecule has 0 atom stereocenters. The van der Waals surface area contributed by atoms with E-state index in [-0.39, 0.29) is 5.75 Å². The first kappa shape index (κ1) is 19.4. The zero-order chi connectivity index (χ0) is 18.8. The van der Waals surface area contributed by atoms with Crippen molar-refractivity contribution in [3.63, 3.8) is 0 Å². The molecule has 2 aromatic rings. The van der Waals surface area contributed by atoms with Gasteiger partial charge < -0.3 is 25.2 Å². The predicted octanol–water partition coefficient (Wildman–Crippen LogP) is 2.71. The summed E-state index contributed by atoms with van der Waals surface area (Å²) in [6.45, 7) is 4.12. The number of aliphatic imine (C=N–C) groups is 1. The second-order valence-electron chi connectivity index (χ2n) is 5.73. The van der Waals surface area contributed by atoms with Crippen molar-refractivity contribution in [2.75, 3.05) is 27.3 Å². The first-order valence-corrected chi connectivity index (χ1v) is 8.67. The van der Waals surface area contributed by atoms with Crippen molar-refractivity contribution in [3.05, 3.63) is 53.6 Å². The molecular weight excluding hydrogens is 330 g/mol. The van der Waals surface area contributed by atoms with Gasteiger partial charge in [-0.25, -0.2) is 4.99 Å². The average Bonchev–Trinajstić information content (AvgIpc) is 2.67. The Morgan fingerprint density at radius 1 is 0.962 bits per heavy atom. The second-order valence-corrected chi connectivity index (χ2v) is 5.73. The molecule has 0 bridgehead atoms. The third kappa shape index (κ3) is 5.88. The lowest BCUT2D eigenvalue weighted by Gasteiger charge is -2.13. The van der Waals surface area contributed by atoms with E-state index < -0.39 is 0 Å². The molecule has 0 unspecified atom stereocenters. The van der Waals surface area contributed by atoms with Gasteiger partial charge in [-0.1, -0.05) is 18.2 Å². The molecule has 0 spiro atoms. The molecule has 0 aliphatic carbocycles. The lowest BCUT2D eigenvalue weighted by atomic mass is 10.1. The maximum absolute atomic E-state index is 9.34. The summed E-state index contributed by atoms with van der Waals surface area (Å²) in [7, 11) is 3.27. The van der Waals surface area contributed by atoms with Crippen LogP contribution in [0, 0.1) is 0 Å². The summed E-state index contributed by atoms with van der Waals surface area (Å²) in [6.07, 6.45) is 0.837. The standard InChI is InChI=1S/C20H27N3O3/c1-4-21-20(23-14-16-5-8-17(24)9-6-16)22-12-11-15-7-10-18(25-2)19(13-15)26-3/h5-10,13,24H,4,11-12,14H2,1-3H3,(H2,21,22,23). The van der Waals surface area contributed by atoms with Crippen LogP contribution in [0.5, 0.6) is 17.2 Å². The third-order valence-corrected chi connectivity index (χ3v) is 3.85. The summed E-state index contributed by atoms with van der Waals surface area (Å²) in [6, 6.07) is 13.0. The van der Waals surface area contributed by atoms with Gasteiger partial charge in [-0.15, -0.1) is 0 Å². The number of methoxy groups -OCH3 is 2. The monoisotopic (exact) mass is 357 g/mol. The van der Waals surface area contributed by atoms with E-state index in [1.807, 2.05) is 37.3 Å². The average molecular weight is 357 g/mol. The first-order chi connectivity index (χ1) is 12.7. The Kier molecular flexibility index (Phi) is 7.61. The van der Waals surface area contributed by atoms with E-state index in [0.717, 1.165) is 48.1 Å². The lowest BCUT2D eigenvalue weighted by molar-refractivity contribution is 0.354. The van der Waals surface area contributed by atoms with Crippen LogP contribution in [-0.2, 0) is 13.0 Å². The number of rotatable bonds is 8. The minimum atomic E-state index is 0.262. The number of phenols is 1. The Morgan fingerprint density at radius 3 is 2.31 bits per heavy atom. The molecule has 6 heteroatoms. The number of nitrogens with zero attached hydrogens (tertiary/aromatic N) is 1. The Balaban J connectivity index is 1.91. The maximum atomic E-state index is 9.34. The number of hydrogen-bond acceptors (Lipinski definition) is 4. The molecule has 0 fully saturated rings. The van der Waals surface area contributed by atoms with E-state index >= 15 is 0 Å². The predicted molar refractivity (Wildman–Crippen MR) is 104 cm³/mol. The van der Waals surface area contributed by atoms with Crippen LogP contribution in [-0.4, -0.2) is 38.4 Å². The number of aromatic hydroxyl groups is 1. The van der Waals surface area contributed by atoms with Gasteiger partial charge in [0.05, 0.1) is 20.8 Å². The molecule has 0 radical (unpaired) electrons. The molecule has 26 heavy (non-hydrogen) atoms. The topological polar surface area (TPSA) is 75.1 Å². The Labute approximate surface area is 154 Å². The smallest absolute Gasteiger partial charge is 0.191 e. The van der Waals surface area contributed by atoms with E-state index in [4.69, 9.17) is 9.47 Å². The number of phenolic OH excluding ortho intramolecular Hbond substituents is 1. The second kappa shape index (κ2) is 10.2. The van der Waals surface area contributed by atoms with Crippen LogP contribution in [0.25, 0.3) is 0 Å². The van der Waals surface area contributed by atoms with Gasteiger partial charge in [0.25, 0.3) is 0 Å². The summed E-state index contributed by atoms with van der Waals surface area (Å²) >= 11 is 0. The molecule has 0 aliphatic rings. The molecule has 0 aromatic heterocycles. The molecular formula is C20H27N3O3. The molecule has 3 N–H and O–H groups in total. The summed E-state index contributed by atoms with van der Waals surface area (Å²) in [5, 5.41) is 15.9. The zero-order valence-electron chi connectivity index (χ0n) is 15.6. The summed E-state index contributed by atoms with van der Waals surface area (Å²) in [5.74, 6) is 2.49. The third-order valence-electron chi connectivity index (χ3n) is 3.85. The highest BCUT2D eigenvalue weighted by Crippen LogP contribution is 2.27.